The van der Waals surface area contributed by atoms with E-state index in [1.165, 1.54) is 0 Å². The average Bonchev–Trinajstić information content (AvgIpc) is 2.64. The molecule has 1 heterocycles. The minimum atomic E-state index is -1.11. The standard InChI is InChI=1S/C15H19ClN2O3S/c1-15(2)13(19)18(14(20)17-15)8-10-22(21)9-7-11-5-3-4-6-12(11)16/h3-6H,7-10H2,1-2H3,(H,17,20)/t22-/m1/s1. The molecular weight excluding hydrogens is 324 g/mol. The number of carbonyl (C=O) groups is 2. The van der Waals surface area contributed by atoms with Crippen LogP contribution in [0.2, 0.25) is 5.02 Å². The second-order valence-corrected chi connectivity index (χ2v) is 7.80. The first-order chi connectivity index (χ1) is 10.3. The molecule has 1 fully saturated rings. The third kappa shape index (κ3) is 3.87. The van der Waals surface area contributed by atoms with Crippen molar-refractivity contribution in [3.8, 4) is 0 Å². The van der Waals surface area contributed by atoms with Gasteiger partial charge in [0.2, 0.25) is 0 Å². The minimum absolute atomic E-state index is 0.170. The highest BCUT2D eigenvalue weighted by Crippen LogP contribution is 2.17. The van der Waals surface area contributed by atoms with Crippen molar-refractivity contribution in [3.05, 3.63) is 34.9 Å². The second-order valence-electron chi connectivity index (χ2n) is 5.70. The van der Waals surface area contributed by atoms with E-state index in [9.17, 15) is 13.8 Å². The average molecular weight is 343 g/mol. The van der Waals surface area contributed by atoms with Crippen LogP contribution in [0.4, 0.5) is 4.79 Å². The van der Waals surface area contributed by atoms with Crippen molar-refractivity contribution >= 4 is 34.3 Å². The SMILES string of the molecule is CC1(C)NC(=O)N(CC[S@](=O)CCc2ccccc2Cl)C1=O. The largest absolute Gasteiger partial charge is 0.325 e. The molecule has 1 aromatic rings. The summed E-state index contributed by atoms with van der Waals surface area (Å²) >= 11 is 6.05. The molecule has 1 aliphatic rings. The zero-order chi connectivity index (χ0) is 16.3. The van der Waals surface area contributed by atoms with Crippen molar-refractivity contribution in [2.45, 2.75) is 25.8 Å². The molecule has 0 saturated carbocycles. The first kappa shape index (κ1) is 17.0. The molecule has 5 nitrogen and oxygen atoms in total. The number of hydrogen-bond donors (Lipinski definition) is 1. The number of hydrogen-bond acceptors (Lipinski definition) is 3. The van der Waals surface area contributed by atoms with Gasteiger partial charge >= 0.3 is 6.03 Å². The van der Waals surface area contributed by atoms with E-state index in [-0.39, 0.29) is 18.2 Å². The van der Waals surface area contributed by atoms with Crippen molar-refractivity contribution < 1.29 is 13.8 Å². The topological polar surface area (TPSA) is 66.5 Å². The molecule has 7 heteroatoms. The Morgan fingerprint density at radius 1 is 1.23 bits per heavy atom. The molecule has 0 spiro atoms. The van der Waals surface area contributed by atoms with Gasteiger partial charge in [-0.2, -0.15) is 0 Å². The van der Waals surface area contributed by atoms with E-state index in [0.717, 1.165) is 10.5 Å². The molecule has 2 rings (SSSR count). The number of aryl methyl sites for hydroxylation is 1. The van der Waals surface area contributed by atoms with E-state index in [0.29, 0.717) is 17.2 Å². The Kier molecular flexibility index (Phi) is 5.24. The maximum Gasteiger partial charge on any atom is 0.325 e. The summed E-state index contributed by atoms with van der Waals surface area (Å²) in [4.78, 5) is 24.8. The highest BCUT2D eigenvalue weighted by Gasteiger charge is 2.43. The summed E-state index contributed by atoms with van der Waals surface area (Å²) in [5, 5.41) is 3.27. The zero-order valence-electron chi connectivity index (χ0n) is 12.6. The van der Waals surface area contributed by atoms with Gasteiger partial charge in [-0.1, -0.05) is 29.8 Å². The summed E-state index contributed by atoms with van der Waals surface area (Å²) in [5.41, 5.74) is 0.0736. The lowest BCUT2D eigenvalue weighted by Gasteiger charge is -2.15. The Balaban J connectivity index is 1.83. The van der Waals surface area contributed by atoms with Gasteiger partial charge in [-0.15, -0.1) is 0 Å². The van der Waals surface area contributed by atoms with Crippen molar-refractivity contribution in [1.29, 1.82) is 0 Å². The van der Waals surface area contributed by atoms with E-state index in [1.54, 1.807) is 19.9 Å². The lowest BCUT2D eigenvalue weighted by atomic mass is 10.1. The first-order valence-corrected chi connectivity index (χ1v) is 8.90. The van der Waals surface area contributed by atoms with Gasteiger partial charge < -0.3 is 5.32 Å². The number of amides is 3. The Morgan fingerprint density at radius 2 is 1.91 bits per heavy atom. The lowest BCUT2D eigenvalue weighted by molar-refractivity contribution is -0.130. The molecular formula is C15H19ClN2O3S. The summed E-state index contributed by atoms with van der Waals surface area (Å²) in [6.07, 6.45) is 0.609. The summed E-state index contributed by atoms with van der Waals surface area (Å²) < 4.78 is 12.1. The molecule has 0 aliphatic carbocycles. The van der Waals surface area contributed by atoms with Gasteiger partial charge in [0.05, 0.1) is 0 Å². The number of imide groups is 1. The van der Waals surface area contributed by atoms with Crippen molar-refractivity contribution in [2.75, 3.05) is 18.1 Å². The summed E-state index contributed by atoms with van der Waals surface area (Å²) in [5.74, 6) is 0.455. The van der Waals surface area contributed by atoms with Crippen LogP contribution in [0.1, 0.15) is 19.4 Å². The molecule has 22 heavy (non-hydrogen) atoms. The fraction of sp³-hybridized carbons (Fsp3) is 0.467. The summed E-state index contributed by atoms with van der Waals surface area (Å²) in [7, 11) is -1.11. The molecule has 0 unspecified atom stereocenters. The minimum Gasteiger partial charge on any atom is -0.324 e. The van der Waals surface area contributed by atoms with E-state index >= 15 is 0 Å². The van der Waals surface area contributed by atoms with E-state index < -0.39 is 22.4 Å². The van der Waals surface area contributed by atoms with E-state index in [2.05, 4.69) is 5.32 Å². The quantitative estimate of drug-likeness (QED) is 0.804. The van der Waals surface area contributed by atoms with Crippen molar-refractivity contribution in [2.24, 2.45) is 0 Å². The van der Waals surface area contributed by atoms with E-state index in [4.69, 9.17) is 11.6 Å². The van der Waals surface area contributed by atoms with Crippen molar-refractivity contribution in [1.82, 2.24) is 10.2 Å². The van der Waals surface area contributed by atoms with Crippen LogP contribution in [0, 0.1) is 0 Å². The highest BCUT2D eigenvalue weighted by atomic mass is 35.5. The maximum atomic E-state index is 12.1. The highest BCUT2D eigenvalue weighted by molar-refractivity contribution is 7.85. The Hall–Kier alpha value is -1.40. The molecule has 1 N–H and O–H groups in total. The molecule has 1 aliphatic heterocycles. The lowest BCUT2D eigenvalue weighted by Crippen LogP contribution is -2.40. The fourth-order valence-corrected chi connectivity index (χ4v) is 3.51. The molecule has 1 atom stereocenters. The number of carbonyl (C=O) groups excluding carboxylic acids is 2. The molecule has 0 bridgehead atoms. The van der Waals surface area contributed by atoms with Gasteiger partial charge in [0.25, 0.3) is 5.91 Å². The third-order valence-corrected chi connectivity index (χ3v) is 5.21. The number of rotatable bonds is 6. The van der Waals surface area contributed by atoms with Gasteiger partial charge in [0.15, 0.2) is 0 Å². The van der Waals surface area contributed by atoms with Gasteiger partial charge in [-0.05, 0) is 31.9 Å². The van der Waals surface area contributed by atoms with Crippen LogP contribution in [0.3, 0.4) is 0 Å². The Morgan fingerprint density at radius 3 is 2.50 bits per heavy atom. The normalized spacial score (nSPS) is 18.4. The van der Waals surface area contributed by atoms with E-state index in [1.807, 2.05) is 18.2 Å². The predicted octanol–water partition coefficient (Wildman–Crippen LogP) is 1.96. The Labute approximate surface area is 137 Å². The molecule has 1 aromatic carbocycles. The Bertz CT molecular complexity index is 619. The number of urea groups is 1. The predicted molar refractivity (Wildman–Crippen MR) is 87.4 cm³/mol. The van der Waals surface area contributed by atoms with Gasteiger partial charge in [-0.25, -0.2) is 4.79 Å². The number of nitrogens with zero attached hydrogens (tertiary/aromatic N) is 1. The fourth-order valence-electron chi connectivity index (χ4n) is 2.24. The van der Waals surface area contributed by atoms with Crippen LogP contribution in [0.25, 0.3) is 0 Å². The molecule has 1 saturated heterocycles. The summed E-state index contributed by atoms with van der Waals surface area (Å²) in [6.45, 7) is 3.48. The smallest absolute Gasteiger partial charge is 0.324 e. The molecule has 0 aromatic heterocycles. The van der Waals surface area contributed by atoms with Crippen LogP contribution >= 0.6 is 11.6 Å². The maximum absolute atomic E-state index is 12.1. The monoisotopic (exact) mass is 342 g/mol. The van der Waals surface area contributed by atoms with Gasteiger partial charge in [0.1, 0.15) is 5.54 Å². The molecule has 120 valence electrons. The summed E-state index contributed by atoms with van der Waals surface area (Å²) in [6, 6.07) is 7.02. The molecule has 3 amide bonds. The van der Waals surface area contributed by atoms with Crippen LogP contribution in [-0.4, -0.2) is 44.6 Å². The number of nitrogens with one attached hydrogen (secondary N) is 1. The van der Waals surface area contributed by atoms with Crippen LogP contribution < -0.4 is 5.32 Å². The van der Waals surface area contributed by atoms with Gasteiger partial charge in [-0.3, -0.25) is 13.9 Å². The number of benzene rings is 1. The van der Waals surface area contributed by atoms with Gasteiger partial charge in [0, 0.05) is 33.9 Å². The second kappa shape index (κ2) is 6.79. The third-order valence-electron chi connectivity index (χ3n) is 3.54. The van der Waals surface area contributed by atoms with Crippen LogP contribution in [0.15, 0.2) is 24.3 Å². The van der Waals surface area contributed by atoms with Crippen LogP contribution in [0.5, 0.6) is 0 Å². The van der Waals surface area contributed by atoms with Crippen molar-refractivity contribution in [3.63, 3.8) is 0 Å². The molecule has 0 radical (unpaired) electrons. The van der Waals surface area contributed by atoms with Crippen LogP contribution in [-0.2, 0) is 22.0 Å². The number of halogens is 1. The first-order valence-electron chi connectivity index (χ1n) is 7.04. The zero-order valence-corrected chi connectivity index (χ0v) is 14.2.